The summed E-state index contributed by atoms with van der Waals surface area (Å²) in [6.45, 7) is 5.99. The molecular formula is C14H24N6. The van der Waals surface area contributed by atoms with Crippen LogP contribution in [0.2, 0.25) is 0 Å². The fourth-order valence-electron chi connectivity index (χ4n) is 2.79. The van der Waals surface area contributed by atoms with Gasteiger partial charge < -0.3 is 15.5 Å². The van der Waals surface area contributed by atoms with Gasteiger partial charge in [-0.25, -0.2) is 0 Å². The summed E-state index contributed by atoms with van der Waals surface area (Å²) >= 11 is 0. The lowest BCUT2D eigenvalue weighted by Gasteiger charge is -2.37. The maximum absolute atomic E-state index is 7.83. The highest BCUT2D eigenvalue weighted by Crippen LogP contribution is 2.25. The van der Waals surface area contributed by atoms with Gasteiger partial charge in [-0.2, -0.15) is 5.10 Å². The lowest BCUT2D eigenvalue weighted by atomic mass is 10.0. The lowest BCUT2D eigenvalue weighted by molar-refractivity contribution is 0.247. The molecule has 0 aromatic carbocycles. The molecule has 0 spiro atoms. The van der Waals surface area contributed by atoms with Gasteiger partial charge in [0, 0.05) is 19.6 Å². The SMILES string of the molecule is Cc1nnc(N(C)C2CCCN(C)C2)c(C(=N)N)c1C. The van der Waals surface area contributed by atoms with Gasteiger partial charge in [0.2, 0.25) is 0 Å². The Morgan fingerprint density at radius 3 is 2.70 bits per heavy atom. The van der Waals surface area contributed by atoms with E-state index in [9.17, 15) is 0 Å². The number of aromatic nitrogens is 2. The number of aryl methyl sites for hydroxylation is 1. The number of nitrogen functional groups attached to an aromatic ring is 1. The Balaban J connectivity index is 2.36. The Labute approximate surface area is 120 Å². The summed E-state index contributed by atoms with van der Waals surface area (Å²) in [6.07, 6.45) is 2.31. The van der Waals surface area contributed by atoms with E-state index in [0.717, 1.165) is 36.6 Å². The van der Waals surface area contributed by atoms with Crippen LogP contribution in [0.3, 0.4) is 0 Å². The highest BCUT2D eigenvalue weighted by Gasteiger charge is 2.25. The van der Waals surface area contributed by atoms with Crippen molar-refractivity contribution in [3.8, 4) is 0 Å². The van der Waals surface area contributed by atoms with Crippen molar-refractivity contribution in [3.05, 3.63) is 16.8 Å². The van der Waals surface area contributed by atoms with Crippen molar-refractivity contribution in [1.82, 2.24) is 15.1 Å². The number of amidine groups is 1. The zero-order valence-corrected chi connectivity index (χ0v) is 12.8. The predicted octanol–water partition coefficient (Wildman–Crippen LogP) is 0.908. The normalized spacial score (nSPS) is 19.9. The molecule has 0 amide bonds. The molecule has 2 rings (SSSR count). The van der Waals surface area contributed by atoms with E-state index in [0.29, 0.717) is 11.6 Å². The summed E-state index contributed by atoms with van der Waals surface area (Å²) in [7, 11) is 4.16. The average molecular weight is 276 g/mol. The standard InChI is InChI=1S/C14H24N6/c1-9-10(2)17-18-14(12(9)13(15)16)20(4)11-6-5-7-19(3)8-11/h11H,5-8H2,1-4H3,(H3,15,16). The second kappa shape index (κ2) is 5.75. The van der Waals surface area contributed by atoms with Crippen molar-refractivity contribution in [2.75, 3.05) is 32.1 Å². The van der Waals surface area contributed by atoms with Crippen molar-refractivity contribution in [1.29, 1.82) is 5.41 Å². The second-order valence-corrected chi connectivity index (χ2v) is 5.69. The molecule has 0 radical (unpaired) electrons. The second-order valence-electron chi connectivity index (χ2n) is 5.69. The molecule has 1 unspecified atom stereocenters. The van der Waals surface area contributed by atoms with E-state index >= 15 is 0 Å². The maximum atomic E-state index is 7.83. The van der Waals surface area contributed by atoms with Crippen LogP contribution in [0.5, 0.6) is 0 Å². The Bertz CT molecular complexity index is 513. The van der Waals surface area contributed by atoms with E-state index in [4.69, 9.17) is 11.1 Å². The molecule has 6 heteroatoms. The first-order chi connectivity index (χ1) is 9.41. The summed E-state index contributed by atoms with van der Waals surface area (Å²) in [5, 5.41) is 16.3. The van der Waals surface area contributed by atoms with Crippen molar-refractivity contribution < 1.29 is 0 Å². The zero-order chi connectivity index (χ0) is 14.9. The van der Waals surface area contributed by atoms with E-state index in [1.165, 1.54) is 6.42 Å². The van der Waals surface area contributed by atoms with Crippen molar-refractivity contribution in [2.24, 2.45) is 5.73 Å². The van der Waals surface area contributed by atoms with Crippen LogP contribution in [0.25, 0.3) is 0 Å². The Morgan fingerprint density at radius 1 is 1.40 bits per heavy atom. The maximum Gasteiger partial charge on any atom is 0.162 e. The predicted molar refractivity (Wildman–Crippen MR) is 81.4 cm³/mol. The number of rotatable bonds is 3. The Hall–Kier alpha value is -1.69. The molecule has 1 aromatic heterocycles. The summed E-state index contributed by atoms with van der Waals surface area (Å²) in [4.78, 5) is 4.46. The highest BCUT2D eigenvalue weighted by atomic mass is 15.3. The minimum Gasteiger partial charge on any atom is -0.384 e. The van der Waals surface area contributed by atoms with Gasteiger partial charge in [-0.1, -0.05) is 0 Å². The molecule has 1 aliphatic rings. The molecule has 1 aliphatic heterocycles. The summed E-state index contributed by atoms with van der Waals surface area (Å²) in [5.74, 6) is 0.785. The van der Waals surface area contributed by atoms with Crippen LogP contribution in [0.15, 0.2) is 0 Å². The number of hydrogen-bond acceptors (Lipinski definition) is 5. The third kappa shape index (κ3) is 2.75. The molecule has 0 bridgehead atoms. The van der Waals surface area contributed by atoms with E-state index < -0.39 is 0 Å². The molecule has 1 saturated heterocycles. The van der Waals surface area contributed by atoms with Crippen LogP contribution in [0, 0.1) is 19.3 Å². The molecule has 0 saturated carbocycles. The first-order valence-corrected chi connectivity index (χ1v) is 7.01. The van der Waals surface area contributed by atoms with Gasteiger partial charge in [0.05, 0.1) is 11.3 Å². The van der Waals surface area contributed by atoms with E-state index in [-0.39, 0.29) is 5.84 Å². The number of anilines is 1. The molecular weight excluding hydrogens is 252 g/mol. The number of likely N-dealkylation sites (tertiary alicyclic amines) is 1. The molecule has 110 valence electrons. The first-order valence-electron chi connectivity index (χ1n) is 7.01. The summed E-state index contributed by atoms with van der Waals surface area (Å²) < 4.78 is 0. The number of hydrogen-bond donors (Lipinski definition) is 2. The van der Waals surface area contributed by atoms with Gasteiger partial charge in [-0.15, -0.1) is 5.10 Å². The minimum atomic E-state index is 0.0616. The zero-order valence-electron chi connectivity index (χ0n) is 12.8. The lowest BCUT2D eigenvalue weighted by Crippen LogP contribution is -2.46. The molecule has 6 nitrogen and oxygen atoms in total. The molecule has 2 heterocycles. The summed E-state index contributed by atoms with van der Waals surface area (Å²) in [6, 6.07) is 0.392. The number of nitrogens with one attached hydrogen (secondary N) is 1. The van der Waals surface area contributed by atoms with Crippen molar-refractivity contribution in [3.63, 3.8) is 0 Å². The molecule has 1 aromatic rings. The van der Waals surface area contributed by atoms with Crippen molar-refractivity contribution in [2.45, 2.75) is 32.7 Å². The Morgan fingerprint density at radius 2 is 2.10 bits per heavy atom. The molecule has 1 fully saturated rings. The third-order valence-corrected chi connectivity index (χ3v) is 4.19. The largest absolute Gasteiger partial charge is 0.384 e. The molecule has 0 aliphatic carbocycles. The number of nitrogens with two attached hydrogens (primary N) is 1. The van der Waals surface area contributed by atoms with Crippen LogP contribution in [-0.4, -0.2) is 54.2 Å². The average Bonchev–Trinajstić information content (AvgIpc) is 2.40. The Kier molecular flexibility index (Phi) is 4.23. The molecule has 20 heavy (non-hydrogen) atoms. The number of likely N-dealkylation sites (N-methyl/N-ethyl adjacent to an activating group) is 2. The third-order valence-electron chi connectivity index (χ3n) is 4.19. The van der Waals surface area contributed by atoms with Gasteiger partial charge in [0.1, 0.15) is 5.84 Å². The number of piperidine rings is 1. The van der Waals surface area contributed by atoms with E-state index in [1.54, 1.807) is 0 Å². The monoisotopic (exact) mass is 276 g/mol. The van der Waals surface area contributed by atoms with Crippen molar-refractivity contribution >= 4 is 11.7 Å². The van der Waals surface area contributed by atoms with Crippen LogP contribution in [0.1, 0.15) is 29.7 Å². The van der Waals surface area contributed by atoms with Crippen LogP contribution >= 0.6 is 0 Å². The van der Waals surface area contributed by atoms with Gasteiger partial charge in [0.25, 0.3) is 0 Å². The van der Waals surface area contributed by atoms with Gasteiger partial charge in [-0.05, 0) is 45.8 Å². The molecule has 3 N–H and O–H groups in total. The van der Waals surface area contributed by atoms with Crippen LogP contribution in [-0.2, 0) is 0 Å². The minimum absolute atomic E-state index is 0.0616. The smallest absolute Gasteiger partial charge is 0.162 e. The van der Waals surface area contributed by atoms with Crippen LogP contribution in [0.4, 0.5) is 5.82 Å². The van der Waals surface area contributed by atoms with E-state index in [2.05, 4.69) is 27.0 Å². The number of nitrogens with zero attached hydrogens (tertiary/aromatic N) is 4. The fraction of sp³-hybridized carbons (Fsp3) is 0.643. The van der Waals surface area contributed by atoms with Gasteiger partial charge in [0.15, 0.2) is 5.82 Å². The van der Waals surface area contributed by atoms with E-state index in [1.807, 2.05) is 20.9 Å². The molecule has 1 atom stereocenters. The quantitative estimate of drug-likeness (QED) is 0.633. The van der Waals surface area contributed by atoms with Gasteiger partial charge >= 0.3 is 0 Å². The van der Waals surface area contributed by atoms with Crippen LogP contribution < -0.4 is 10.6 Å². The van der Waals surface area contributed by atoms with Gasteiger partial charge in [-0.3, -0.25) is 5.41 Å². The fourth-order valence-corrected chi connectivity index (χ4v) is 2.79. The topological polar surface area (TPSA) is 82.1 Å². The highest BCUT2D eigenvalue weighted by molar-refractivity contribution is 6.01. The first kappa shape index (κ1) is 14.7. The summed E-state index contributed by atoms with van der Waals surface area (Å²) in [5.41, 5.74) is 8.24.